The molecule has 1 aliphatic heterocycles. The van der Waals surface area contributed by atoms with Gasteiger partial charge in [-0.2, -0.15) is 0 Å². The van der Waals surface area contributed by atoms with Crippen LogP contribution in [0.3, 0.4) is 0 Å². The number of aromatic nitrogens is 2. The Balaban J connectivity index is 1.27. The molecule has 1 aliphatic rings. The highest BCUT2D eigenvalue weighted by Gasteiger charge is 2.44. The molecule has 0 saturated heterocycles. The molecule has 2 unspecified atom stereocenters. The van der Waals surface area contributed by atoms with Crippen LogP contribution < -0.4 is 10.9 Å². The lowest BCUT2D eigenvalue weighted by Crippen LogP contribution is -2.52. The zero-order chi connectivity index (χ0) is 30.5. The Bertz CT molecular complexity index is 2090. The topological polar surface area (TPSA) is 88.4 Å². The largest absolute Gasteiger partial charge is 0.343 e. The van der Waals surface area contributed by atoms with Gasteiger partial charge >= 0.3 is 0 Å². The van der Waals surface area contributed by atoms with E-state index in [9.17, 15) is 14.4 Å². The van der Waals surface area contributed by atoms with Gasteiger partial charge in [-0.3, -0.25) is 25.2 Å². The van der Waals surface area contributed by atoms with Crippen molar-refractivity contribution < 1.29 is 14.4 Å². The van der Waals surface area contributed by atoms with Crippen molar-refractivity contribution in [2.24, 2.45) is 14.1 Å². The summed E-state index contributed by atoms with van der Waals surface area (Å²) in [6.07, 6.45) is 0. The number of nitrogens with zero attached hydrogens (tertiary/aromatic N) is 3. The van der Waals surface area contributed by atoms with Gasteiger partial charge in [0.1, 0.15) is 11.7 Å². The summed E-state index contributed by atoms with van der Waals surface area (Å²) in [5.41, 5.74) is 11.8. The van der Waals surface area contributed by atoms with E-state index in [1.54, 1.807) is 29.5 Å². The zero-order valence-electron chi connectivity index (χ0n) is 24.6. The molecular weight excluding hydrogens is 550 g/mol. The summed E-state index contributed by atoms with van der Waals surface area (Å²) in [6.45, 7) is 1.70. The third-order valence-corrected chi connectivity index (χ3v) is 8.75. The first-order valence-electron chi connectivity index (χ1n) is 14.6. The van der Waals surface area contributed by atoms with Crippen molar-refractivity contribution in [3.63, 3.8) is 0 Å². The van der Waals surface area contributed by atoms with Gasteiger partial charge in [-0.1, -0.05) is 84.9 Å². The summed E-state index contributed by atoms with van der Waals surface area (Å²) in [5, 5.41) is 1.93. The number of fused-ring (bicyclic) bond motifs is 3. The smallest absolute Gasteiger partial charge is 0.286 e. The lowest BCUT2D eigenvalue weighted by Gasteiger charge is -2.31. The van der Waals surface area contributed by atoms with Crippen molar-refractivity contribution in [2.75, 3.05) is 0 Å². The van der Waals surface area contributed by atoms with Crippen LogP contribution in [0.15, 0.2) is 109 Å². The van der Waals surface area contributed by atoms with Crippen LogP contribution in [-0.2, 0) is 18.9 Å². The first kappa shape index (κ1) is 27.2. The second kappa shape index (κ2) is 10.6. The molecule has 0 fully saturated rings. The standard InChI is InChI=1S/C36H31N5O3/c1-22(34(42)37-38-35(43)30-21-24-15-7-11-19-28(24)39(30)2)41-33(25-16-8-9-17-26(25)36(41)44)31-27-18-10-12-20-29(27)40(3)32(31)23-13-5-4-6-14-23/h4-22,33H,1-3H3,(H,37,42)(H,38,43). The molecule has 8 heteroatoms. The van der Waals surface area contributed by atoms with Gasteiger partial charge < -0.3 is 14.0 Å². The van der Waals surface area contributed by atoms with E-state index in [0.717, 1.165) is 44.2 Å². The van der Waals surface area contributed by atoms with Crippen molar-refractivity contribution >= 4 is 39.5 Å². The van der Waals surface area contributed by atoms with Crippen LogP contribution in [0.4, 0.5) is 0 Å². The average molecular weight is 582 g/mol. The Labute approximate surface area is 254 Å². The number of carbonyl (C=O) groups is 3. The molecule has 3 heterocycles. The van der Waals surface area contributed by atoms with E-state index in [1.807, 2.05) is 85.9 Å². The molecule has 8 nitrogen and oxygen atoms in total. The lowest BCUT2D eigenvalue weighted by molar-refractivity contribution is -0.126. The number of hydrogen-bond acceptors (Lipinski definition) is 3. The van der Waals surface area contributed by atoms with Crippen LogP contribution in [0.25, 0.3) is 33.1 Å². The molecule has 2 N–H and O–H groups in total. The number of carbonyl (C=O) groups excluding carboxylic acids is 3. The molecule has 6 aromatic rings. The summed E-state index contributed by atoms with van der Waals surface area (Å²) in [4.78, 5) is 42.5. The molecule has 2 aromatic heterocycles. The van der Waals surface area contributed by atoms with Crippen molar-refractivity contribution in [1.29, 1.82) is 0 Å². The van der Waals surface area contributed by atoms with Gasteiger partial charge in [0, 0.05) is 47.0 Å². The Kier molecular flexibility index (Phi) is 6.54. The van der Waals surface area contributed by atoms with Gasteiger partial charge in [-0.05, 0) is 42.3 Å². The van der Waals surface area contributed by atoms with E-state index >= 15 is 0 Å². The minimum Gasteiger partial charge on any atom is -0.343 e. The van der Waals surface area contributed by atoms with Crippen LogP contribution in [0.1, 0.15) is 44.9 Å². The normalized spacial score (nSPS) is 15.0. The van der Waals surface area contributed by atoms with E-state index in [2.05, 4.69) is 39.7 Å². The molecule has 44 heavy (non-hydrogen) atoms. The SMILES string of the molecule is CC(C(=O)NNC(=O)c1cc2ccccc2n1C)N1C(=O)c2ccccc2C1c1c(-c2ccccc2)n(C)c2ccccc12. The third-order valence-electron chi connectivity index (χ3n) is 8.75. The van der Waals surface area contributed by atoms with Crippen LogP contribution in [-0.4, -0.2) is 37.8 Å². The maximum Gasteiger partial charge on any atom is 0.286 e. The number of hydrazine groups is 1. The van der Waals surface area contributed by atoms with Crippen LogP contribution in [0.5, 0.6) is 0 Å². The summed E-state index contributed by atoms with van der Waals surface area (Å²) >= 11 is 0. The van der Waals surface area contributed by atoms with E-state index < -0.39 is 23.9 Å². The number of amides is 3. The third kappa shape index (κ3) is 4.18. The van der Waals surface area contributed by atoms with Gasteiger partial charge in [0.25, 0.3) is 17.7 Å². The predicted octanol–water partition coefficient (Wildman–Crippen LogP) is 5.73. The van der Waals surface area contributed by atoms with Crippen LogP contribution in [0, 0.1) is 0 Å². The van der Waals surface area contributed by atoms with Crippen molar-refractivity contribution in [1.82, 2.24) is 24.9 Å². The van der Waals surface area contributed by atoms with Crippen molar-refractivity contribution in [3.8, 4) is 11.3 Å². The van der Waals surface area contributed by atoms with Gasteiger partial charge in [0.05, 0.1) is 11.7 Å². The fourth-order valence-electron chi connectivity index (χ4n) is 6.59. The highest BCUT2D eigenvalue weighted by atomic mass is 16.2. The molecule has 3 amide bonds. The van der Waals surface area contributed by atoms with Crippen molar-refractivity contribution in [2.45, 2.75) is 19.0 Å². The van der Waals surface area contributed by atoms with E-state index in [-0.39, 0.29) is 5.91 Å². The summed E-state index contributed by atoms with van der Waals surface area (Å²) < 4.78 is 3.93. The Morgan fingerprint density at radius 3 is 2.18 bits per heavy atom. The fraction of sp³-hybridized carbons (Fsp3) is 0.139. The number of para-hydroxylation sites is 2. The summed E-state index contributed by atoms with van der Waals surface area (Å²) in [5.74, 6) is -1.18. The quantitative estimate of drug-likeness (QED) is 0.255. The molecule has 218 valence electrons. The molecule has 7 rings (SSSR count). The highest BCUT2D eigenvalue weighted by molar-refractivity contribution is 6.05. The molecule has 4 aromatic carbocycles. The fourth-order valence-corrected chi connectivity index (χ4v) is 6.59. The second-order valence-corrected chi connectivity index (χ2v) is 11.2. The van der Waals surface area contributed by atoms with E-state index in [4.69, 9.17) is 0 Å². The zero-order valence-corrected chi connectivity index (χ0v) is 24.6. The second-order valence-electron chi connectivity index (χ2n) is 11.2. The minimum absolute atomic E-state index is 0.236. The Hall–Kier alpha value is -5.63. The summed E-state index contributed by atoms with van der Waals surface area (Å²) in [7, 11) is 3.83. The van der Waals surface area contributed by atoms with Gasteiger partial charge in [0.2, 0.25) is 0 Å². The molecular formula is C36H31N5O3. The van der Waals surface area contributed by atoms with Crippen LogP contribution in [0.2, 0.25) is 0 Å². The van der Waals surface area contributed by atoms with Gasteiger partial charge in [-0.25, -0.2) is 0 Å². The van der Waals surface area contributed by atoms with E-state index in [1.165, 1.54) is 0 Å². The Morgan fingerprint density at radius 2 is 1.41 bits per heavy atom. The maximum absolute atomic E-state index is 14.1. The molecule has 0 aliphatic carbocycles. The number of nitrogens with one attached hydrogen (secondary N) is 2. The van der Waals surface area contributed by atoms with Gasteiger partial charge in [-0.15, -0.1) is 0 Å². The number of rotatable bonds is 5. The highest BCUT2D eigenvalue weighted by Crippen LogP contribution is 2.47. The van der Waals surface area contributed by atoms with Gasteiger partial charge in [0.15, 0.2) is 0 Å². The van der Waals surface area contributed by atoms with Crippen molar-refractivity contribution in [3.05, 3.63) is 132 Å². The monoisotopic (exact) mass is 581 g/mol. The number of hydrogen-bond donors (Lipinski definition) is 2. The van der Waals surface area contributed by atoms with Crippen LogP contribution >= 0.6 is 0 Å². The first-order valence-corrected chi connectivity index (χ1v) is 14.6. The molecule has 2 atom stereocenters. The lowest BCUT2D eigenvalue weighted by atomic mass is 9.92. The maximum atomic E-state index is 14.1. The predicted molar refractivity (Wildman–Crippen MR) is 171 cm³/mol. The number of aryl methyl sites for hydroxylation is 2. The molecule has 0 radical (unpaired) electrons. The minimum atomic E-state index is -0.907. The molecule has 0 saturated carbocycles. The molecule has 0 spiro atoms. The number of benzene rings is 4. The molecule has 0 bridgehead atoms. The average Bonchev–Trinajstić information content (AvgIpc) is 3.66. The Morgan fingerprint density at radius 1 is 0.750 bits per heavy atom. The summed E-state index contributed by atoms with van der Waals surface area (Å²) in [6, 6.07) is 33.8. The van der Waals surface area contributed by atoms with E-state index in [0.29, 0.717) is 11.3 Å². The first-order chi connectivity index (χ1) is 21.4.